The molecule has 0 aliphatic heterocycles. The maximum Gasteiger partial charge on any atom is 0.438 e. The van der Waals surface area contributed by atoms with Gasteiger partial charge in [-0.25, -0.2) is 9.78 Å². The van der Waals surface area contributed by atoms with Crippen molar-refractivity contribution < 1.29 is 18.8 Å². The molecule has 0 spiro atoms. The number of carbonyl (C=O) groups is 2. The molecule has 3 aromatic heterocycles. The summed E-state index contributed by atoms with van der Waals surface area (Å²) in [5, 5.41) is 2.87. The summed E-state index contributed by atoms with van der Waals surface area (Å²) in [5.74, 6) is -0.704. The van der Waals surface area contributed by atoms with Crippen molar-refractivity contribution in [2.75, 3.05) is 5.73 Å². The number of anilines is 1. The summed E-state index contributed by atoms with van der Waals surface area (Å²) in [6.07, 6.45) is 0.889. The molecule has 3 N–H and O–H groups in total. The van der Waals surface area contributed by atoms with Gasteiger partial charge in [0.1, 0.15) is 9.71 Å². The number of carbonyl (C=O) groups excluding carboxylic acids is 2. The van der Waals surface area contributed by atoms with Crippen molar-refractivity contribution in [1.82, 2.24) is 10.3 Å². The number of H-pyrrole nitrogens is 1. The Morgan fingerprint density at radius 1 is 1.26 bits per heavy atom. The molecule has 3 heterocycles. The van der Waals surface area contributed by atoms with Crippen molar-refractivity contribution in [2.45, 2.75) is 27.2 Å². The van der Waals surface area contributed by atoms with Crippen molar-refractivity contribution in [1.29, 1.82) is 0 Å². The number of pyridine rings is 1. The first-order valence-corrected chi connectivity index (χ1v) is 10.5. The SMILES string of the molecule is CCc1ccc(-c2c(C(C)=O)c(C)nc3sc(C(=O)c4c(=O)o[nH][n+]4C)c(N)c23)cc1. The van der Waals surface area contributed by atoms with Crippen molar-refractivity contribution in [3.8, 4) is 11.1 Å². The van der Waals surface area contributed by atoms with Gasteiger partial charge >= 0.3 is 11.3 Å². The molecule has 9 heteroatoms. The minimum absolute atomic E-state index is 0.141. The second-order valence-electron chi connectivity index (χ2n) is 7.30. The number of hydrogen-bond donors (Lipinski definition) is 2. The molecule has 8 nitrogen and oxygen atoms in total. The van der Waals surface area contributed by atoms with E-state index in [-0.39, 0.29) is 22.0 Å². The molecule has 158 valence electrons. The summed E-state index contributed by atoms with van der Waals surface area (Å²) in [6, 6.07) is 7.89. The fourth-order valence-electron chi connectivity index (χ4n) is 3.75. The van der Waals surface area contributed by atoms with Gasteiger partial charge in [0, 0.05) is 16.5 Å². The number of rotatable bonds is 5. The van der Waals surface area contributed by atoms with Crippen LogP contribution in [-0.2, 0) is 13.5 Å². The first-order valence-electron chi connectivity index (χ1n) is 9.69. The first-order chi connectivity index (χ1) is 14.7. The van der Waals surface area contributed by atoms with E-state index in [1.807, 2.05) is 24.3 Å². The van der Waals surface area contributed by atoms with E-state index in [1.54, 1.807) is 6.92 Å². The van der Waals surface area contributed by atoms with Gasteiger partial charge in [0.15, 0.2) is 12.8 Å². The zero-order valence-corrected chi connectivity index (χ0v) is 18.3. The smallest absolute Gasteiger partial charge is 0.397 e. The standard InChI is InChI=1S/C22H20N4O4S/c1-5-12-6-8-13(9-7-12)15-14(11(3)27)10(2)24-21-16(15)17(23)20(31-21)19(28)18-22(29)30-25-26(18)4/h6-9H,5H2,1-4H3,(H2-,23,25,28,29)/p+1. The first kappa shape index (κ1) is 20.7. The van der Waals surface area contributed by atoms with E-state index in [2.05, 4.69) is 17.2 Å². The van der Waals surface area contributed by atoms with Gasteiger partial charge in [0.2, 0.25) is 0 Å². The second kappa shape index (κ2) is 7.59. The number of benzene rings is 1. The molecule has 0 radical (unpaired) electrons. The Kier molecular flexibility index (Phi) is 5.06. The highest BCUT2D eigenvalue weighted by molar-refractivity contribution is 7.21. The lowest BCUT2D eigenvalue weighted by molar-refractivity contribution is -0.741. The molecule has 0 amide bonds. The van der Waals surface area contributed by atoms with Crippen LogP contribution in [0.5, 0.6) is 0 Å². The molecule has 31 heavy (non-hydrogen) atoms. The average molecular weight is 438 g/mol. The minimum atomic E-state index is -0.784. The summed E-state index contributed by atoms with van der Waals surface area (Å²) >= 11 is 1.09. The van der Waals surface area contributed by atoms with Crippen molar-refractivity contribution in [3.63, 3.8) is 0 Å². The van der Waals surface area contributed by atoms with E-state index in [0.717, 1.165) is 28.9 Å². The lowest BCUT2D eigenvalue weighted by Gasteiger charge is -2.13. The van der Waals surface area contributed by atoms with Gasteiger partial charge in [0.25, 0.3) is 5.78 Å². The number of nitrogens with one attached hydrogen (secondary N) is 1. The van der Waals surface area contributed by atoms with Crippen molar-refractivity contribution in [2.24, 2.45) is 7.05 Å². The van der Waals surface area contributed by atoms with Crippen LogP contribution in [-0.4, -0.2) is 21.8 Å². The minimum Gasteiger partial charge on any atom is -0.397 e. The number of nitrogens with zero attached hydrogens (tertiary/aromatic N) is 2. The zero-order chi connectivity index (χ0) is 22.4. The van der Waals surface area contributed by atoms with Crippen LogP contribution in [0.1, 0.15) is 50.8 Å². The normalized spacial score (nSPS) is 11.2. The molecular formula is C22H21N4O4S+. The molecule has 0 aliphatic carbocycles. The van der Waals surface area contributed by atoms with Gasteiger partial charge in [-0.3, -0.25) is 14.1 Å². The number of aromatic nitrogens is 3. The van der Waals surface area contributed by atoms with Gasteiger partial charge in [-0.2, -0.15) is 0 Å². The molecule has 0 bridgehead atoms. The Balaban J connectivity index is 2.05. The number of Topliss-reactive ketones (excluding diaryl/α,β-unsaturated/α-hetero) is 1. The summed E-state index contributed by atoms with van der Waals surface area (Å²) in [7, 11) is 1.50. The van der Waals surface area contributed by atoms with Crippen LogP contribution >= 0.6 is 11.3 Å². The predicted octanol–water partition coefficient (Wildman–Crippen LogP) is 2.96. The highest BCUT2D eigenvalue weighted by atomic mass is 32.1. The van der Waals surface area contributed by atoms with Gasteiger partial charge in [-0.15, -0.1) is 11.3 Å². The van der Waals surface area contributed by atoms with Crippen LogP contribution < -0.4 is 16.0 Å². The fourth-order valence-corrected chi connectivity index (χ4v) is 4.85. The highest BCUT2D eigenvalue weighted by Crippen LogP contribution is 2.42. The Hall–Kier alpha value is -3.59. The van der Waals surface area contributed by atoms with E-state index >= 15 is 0 Å². The molecule has 1 aromatic carbocycles. The van der Waals surface area contributed by atoms with E-state index in [4.69, 9.17) is 10.3 Å². The molecule has 0 saturated heterocycles. The topological polar surface area (TPSA) is 123 Å². The predicted molar refractivity (Wildman–Crippen MR) is 118 cm³/mol. The van der Waals surface area contributed by atoms with E-state index in [0.29, 0.717) is 27.0 Å². The number of fused-ring (bicyclic) bond motifs is 1. The maximum atomic E-state index is 13.1. The third-order valence-electron chi connectivity index (χ3n) is 5.29. The number of hydrogen-bond acceptors (Lipinski definition) is 7. The maximum absolute atomic E-state index is 13.1. The Labute approximate surface area is 181 Å². The van der Waals surface area contributed by atoms with Crippen LogP contribution in [0, 0.1) is 6.92 Å². The summed E-state index contributed by atoms with van der Waals surface area (Å²) in [6.45, 7) is 5.31. The van der Waals surface area contributed by atoms with E-state index in [9.17, 15) is 14.4 Å². The summed E-state index contributed by atoms with van der Waals surface area (Å²) in [4.78, 5) is 42.9. The number of aryl methyl sites for hydroxylation is 3. The second-order valence-corrected chi connectivity index (χ2v) is 8.30. The third-order valence-corrected chi connectivity index (χ3v) is 6.38. The van der Waals surface area contributed by atoms with Crippen molar-refractivity contribution >= 4 is 38.8 Å². The highest BCUT2D eigenvalue weighted by Gasteiger charge is 2.33. The third kappa shape index (κ3) is 3.27. The Morgan fingerprint density at radius 3 is 2.48 bits per heavy atom. The van der Waals surface area contributed by atoms with Crippen LogP contribution in [0.15, 0.2) is 33.6 Å². The Bertz CT molecular complexity index is 1410. The van der Waals surface area contributed by atoms with Gasteiger partial charge in [-0.05, 0) is 36.7 Å². The van der Waals surface area contributed by atoms with Crippen LogP contribution in [0.2, 0.25) is 0 Å². The quantitative estimate of drug-likeness (QED) is 0.366. The average Bonchev–Trinajstić information content (AvgIpc) is 3.25. The molecule has 0 atom stereocenters. The molecular weight excluding hydrogens is 416 g/mol. The fraction of sp³-hybridized carbons (Fsp3) is 0.227. The molecule has 0 fully saturated rings. The number of nitrogen functional groups attached to an aromatic ring is 1. The van der Waals surface area contributed by atoms with Gasteiger partial charge in [-0.1, -0.05) is 35.9 Å². The van der Waals surface area contributed by atoms with Gasteiger partial charge in [0.05, 0.1) is 11.4 Å². The molecule has 0 unspecified atom stereocenters. The van der Waals surface area contributed by atoms with Crippen molar-refractivity contribution in [3.05, 3.63) is 62.1 Å². The molecule has 0 aliphatic rings. The molecule has 4 rings (SSSR count). The van der Waals surface area contributed by atoms with Crippen LogP contribution in [0.4, 0.5) is 5.69 Å². The number of thiophene rings is 1. The zero-order valence-electron chi connectivity index (χ0n) is 17.5. The Morgan fingerprint density at radius 2 is 1.94 bits per heavy atom. The molecule has 4 aromatic rings. The van der Waals surface area contributed by atoms with E-state index in [1.165, 1.54) is 18.7 Å². The molecule has 0 saturated carbocycles. The van der Waals surface area contributed by atoms with Gasteiger partial charge < -0.3 is 5.73 Å². The lowest BCUT2D eigenvalue weighted by Crippen LogP contribution is -2.39. The van der Waals surface area contributed by atoms with Crippen LogP contribution in [0.3, 0.4) is 0 Å². The number of ketones is 2. The number of nitrogens with two attached hydrogens (primary N) is 1. The van der Waals surface area contributed by atoms with Crippen LogP contribution in [0.25, 0.3) is 21.3 Å². The largest absolute Gasteiger partial charge is 0.438 e. The summed E-state index contributed by atoms with van der Waals surface area (Å²) in [5.41, 5.74) is 9.33. The summed E-state index contributed by atoms with van der Waals surface area (Å²) < 4.78 is 5.91. The van der Waals surface area contributed by atoms with E-state index < -0.39 is 11.4 Å². The number of aromatic amines is 1. The monoisotopic (exact) mass is 437 g/mol. The lowest BCUT2D eigenvalue weighted by atomic mass is 9.92.